The number of amidine groups is 2. The Labute approximate surface area is 331 Å². The summed E-state index contributed by atoms with van der Waals surface area (Å²) in [5.41, 5.74) is 16.2. The molecule has 8 rings (SSSR count). The van der Waals surface area contributed by atoms with Crippen LogP contribution in [0.1, 0.15) is 22.3 Å². The highest BCUT2D eigenvalue weighted by Gasteiger charge is 2.18. The fourth-order valence-electron chi connectivity index (χ4n) is 6.58. The van der Waals surface area contributed by atoms with Crippen LogP contribution in [0.25, 0.3) is 62.1 Å². The van der Waals surface area contributed by atoms with Gasteiger partial charge in [-0.05, 0) is 28.3 Å². The number of nitrogens with zero attached hydrogens (tertiary/aromatic N) is 6. The Kier molecular flexibility index (Phi) is 10.4. The summed E-state index contributed by atoms with van der Waals surface area (Å²) in [6.45, 7) is 4.22. The van der Waals surface area contributed by atoms with Crippen LogP contribution in [-0.4, -0.2) is 26.6 Å². The number of rotatable bonds is 9. The lowest BCUT2D eigenvalue weighted by Crippen LogP contribution is -2.17. The van der Waals surface area contributed by atoms with E-state index in [0.29, 0.717) is 40.1 Å². The Bertz CT molecular complexity index is 2730. The van der Waals surface area contributed by atoms with E-state index in [-0.39, 0.29) is 5.84 Å². The first-order valence-electron chi connectivity index (χ1n) is 18.4. The van der Waals surface area contributed by atoms with E-state index < -0.39 is 0 Å². The summed E-state index contributed by atoms with van der Waals surface area (Å²) in [7, 11) is 0. The van der Waals surface area contributed by atoms with Gasteiger partial charge in [0.1, 0.15) is 5.84 Å². The predicted molar refractivity (Wildman–Crippen MR) is 231 cm³/mol. The maximum atomic E-state index is 10.4. The van der Waals surface area contributed by atoms with Crippen molar-refractivity contribution in [3.05, 3.63) is 217 Å². The minimum absolute atomic E-state index is 0.274. The van der Waals surface area contributed by atoms with Gasteiger partial charge in [-0.3, -0.25) is 0 Å². The molecular weight excluding hydrogens is 699 g/mol. The second-order valence-electron chi connectivity index (χ2n) is 13.1. The van der Waals surface area contributed by atoms with Crippen molar-refractivity contribution >= 4 is 17.4 Å². The molecule has 270 valence electrons. The zero-order chi connectivity index (χ0) is 39.0. The van der Waals surface area contributed by atoms with Gasteiger partial charge in [-0.25, -0.2) is 24.9 Å². The van der Waals surface area contributed by atoms with Gasteiger partial charge in [0.25, 0.3) is 0 Å². The first-order valence-corrected chi connectivity index (χ1v) is 18.4. The molecule has 1 heterocycles. The van der Waals surface area contributed by atoms with Crippen molar-refractivity contribution in [2.24, 2.45) is 15.7 Å². The number of nitriles is 1. The molecule has 7 heteroatoms. The molecule has 1 aromatic heterocycles. The summed E-state index contributed by atoms with van der Waals surface area (Å²) >= 11 is 0. The summed E-state index contributed by atoms with van der Waals surface area (Å²) in [4.78, 5) is 24.4. The fraction of sp³-hybridized carbons (Fsp3) is 0. The molecular formula is C50H35N7. The molecule has 0 unspecified atom stereocenters. The second-order valence-corrected chi connectivity index (χ2v) is 13.1. The lowest BCUT2D eigenvalue weighted by atomic mass is 9.88. The summed E-state index contributed by atoms with van der Waals surface area (Å²) in [5, 5.41) is 10.4. The monoisotopic (exact) mass is 733 g/mol. The van der Waals surface area contributed by atoms with Crippen LogP contribution in [0, 0.1) is 11.3 Å². The van der Waals surface area contributed by atoms with Crippen molar-refractivity contribution in [2.75, 3.05) is 0 Å². The number of nitrogens with two attached hydrogens (primary N) is 1. The minimum atomic E-state index is 0.274. The largest absolute Gasteiger partial charge is 0.383 e. The third kappa shape index (κ3) is 7.92. The van der Waals surface area contributed by atoms with Crippen LogP contribution in [0.3, 0.4) is 0 Å². The van der Waals surface area contributed by atoms with Gasteiger partial charge in [0.05, 0.1) is 17.3 Å². The average molecular weight is 734 g/mol. The molecule has 2 N–H and O–H groups in total. The quantitative estimate of drug-likeness (QED) is 0.117. The first-order chi connectivity index (χ1) is 28.1. The average Bonchev–Trinajstić information content (AvgIpc) is 3.29. The van der Waals surface area contributed by atoms with Crippen LogP contribution in [-0.2, 0) is 0 Å². The van der Waals surface area contributed by atoms with Crippen LogP contribution in [0.15, 0.2) is 205 Å². The minimum Gasteiger partial charge on any atom is -0.383 e. The van der Waals surface area contributed by atoms with E-state index in [1.54, 1.807) is 0 Å². The molecule has 8 aromatic rings. The lowest BCUT2D eigenvalue weighted by Gasteiger charge is -2.16. The molecule has 0 aliphatic rings. The maximum absolute atomic E-state index is 10.4. The molecule has 0 atom stereocenters. The lowest BCUT2D eigenvalue weighted by molar-refractivity contribution is 1.07. The zero-order valence-corrected chi connectivity index (χ0v) is 30.9. The molecule has 0 fully saturated rings. The fourth-order valence-corrected chi connectivity index (χ4v) is 6.58. The van der Waals surface area contributed by atoms with E-state index in [0.717, 1.165) is 50.1 Å². The summed E-state index contributed by atoms with van der Waals surface area (Å²) in [6, 6.07) is 63.1. The van der Waals surface area contributed by atoms with Crippen LogP contribution in [0.2, 0.25) is 0 Å². The zero-order valence-electron chi connectivity index (χ0n) is 30.9. The predicted octanol–water partition coefficient (Wildman–Crippen LogP) is 10.9. The molecule has 0 saturated carbocycles. The van der Waals surface area contributed by atoms with Gasteiger partial charge in [-0.15, -0.1) is 0 Å². The van der Waals surface area contributed by atoms with Crippen LogP contribution in [0.4, 0.5) is 0 Å². The van der Waals surface area contributed by atoms with Crippen molar-refractivity contribution in [3.8, 4) is 62.5 Å². The number of hydrogen-bond donors (Lipinski definition) is 1. The standard InChI is InChI=1S/C50H35N7/c1-34(35-17-6-2-7-18-35)53-47(37-19-8-3-9-20-37)54-46(52)44-27-15-14-26-42(44)43-28-16-25-41(33-51)45(43)36-29-31-40(32-30-36)50-56-48(38-21-10-4-11-22-38)55-49(57-50)39-23-12-5-13-24-39/h2-32H,1H2,(H2,52,53,54). The number of aliphatic imine (C=N–C) groups is 2. The van der Waals surface area contributed by atoms with Crippen molar-refractivity contribution in [3.63, 3.8) is 0 Å². The third-order valence-electron chi connectivity index (χ3n) is 9.42. The maximum Gasteiger partial charge on any atom is 0.164 e. The highest BCUT2D eigenvalue weighted by molar-refractivity contribution is 6.14. The Morgan fingerprint density at radius 1 is 0.474 bits per heavy atom. The summed E-state index contributed by atoms with van der Waals surface area (Å²) in [6.07, 6.45) is 0. The number of hydrogen-bond acceptors (Lipinski definition) is 5. The van der Waals surface area contributed by atoms with Gasteiger partial charge >= 0.3 is 0 Å². The molecule has 0 saturated heterocycles. The Morgan fingerprint density at radius 2 is 0.930 bits per heavy atom. The van der Waals surface area contributed by atoms with E-state index in [2.05, 4.69) is 12.6 Å². The Balaban J connectivity index is 1.20. The van der Waals surface area contributed by atoms with E-state index in [1.807, 2.05) is 188 Å². The number of aromatic nitrogens is 3. The number of benzene rings is 7. The van der Waals surface area contributed by atoms with Crippen molar-refractivity contribution < 1.29 is 0 Å². The van der Waals surface area contributed by atoms with Crippen molar-refractivity contribution in [1.82, 2.24) is 15.0 Å². The first kappa shape index (κ1) is 35.9. The van der Waals surface area contributed by atoms with E-state index in [9.17, 15) is 5.26 Å². The van der Waals surface area contributed by atoms with E-state index in [4.69, 9.17) is 30.7 Å². The molecule has 0 spiro atoms. The molecule has 0 aliphatic carbocycles. The van der Waals surface area contributed by atoms with Crippen LogP contribution >= 0.6 is 0 Å². The molecule has 7 aromatic carbocycles. The van der Waals surface area contributed by atoms with Crippen LogP contribution < -0.4 is 5.73 Å². The molecule has 0 amide bonds. The van der Waals surface area contributed by atoms with Gasteiger partial charge < -0.3 is 5.73 Å². The smallest absolute Gasteiger partial charge is 0.164 e. The van der Waals surface area contributed by atoms with Crippen LogP contribution in [0.5, 0.6) is 0 Å². The van der Waals surface area contributed by atoms with E-state index >= 15 is 0 Å². The van der Waals surface area contributed by atoms with E-state index in [1.165, 1.54) is 0 Å². The van der Waals surface area contributed by atoms with Crippen molar-refractivity contribution in [2.45, 2.75) is 0 Å². The SMILES string of the molecule is C=C(N=C(N=C(N)c1ccccc1-c1cccc(C#N)c1-c1ccc(-c2nc(-c3ccccc3)nc(-c3ccccc3)n2)cc1)c1ccccc1)c1ccccc1. The molecule has 57 heavy (non-hydrogen) atoms. The summed E-state index contributed by atoms with van der Waals surface area (Å²) in [5.74, 6) is 2.42. The highest BCUT2D eigenvalue weighted by atomic mass is 15.0. The highest BCUT2D eigenvalue weighted by Crippen LogP contribution is 2.37. The van der Waals surface area contributed by atoms with Gasteiger partial charge in [0.2, 0.25) is 0 Å². The Morgan fingerprint density at radius 3 is 1.49 bits per heavy atom. The van der Waals surface area contributed by atoms with Gasteiger partial charge in [-0.1, -0.05) is 189 Å². The molecule has 7 nitrogen and oxygen atoms in total. The van der Waals surface area contributed by atoms with Gasteiger partial charge in [0.15, 0.2) is 23.3 Å². The normalized spacial score (nSPS) is 11.5. The molecule has 0 aliphatic heterocycles. The molecule has 0 radical (unpaired) electrons. The summed E-state index contributed by atoms with van der Waals surface area (Å²) < 4.78 is 0. The molecule has 0 bridgehead atoms. The second kappa shape index (κ2) is 16.5. The van der Waals surface area contributed by atoms with Gasteiger partial charge in [0, 0.05) is 33.4 Å². The third-order valence-corrected chi connectivity index (χ3v) is 9.42. The Hall–Kier alpha value is -8.08. The topological polar surface area (TPSA) is 113 Å². The van der Waals surface area contributed by atoms with Crippen molar-refractivity contribution in [1.29, 1.82) is 5.26 Å². The van der Waals surface area contributed by atoms with Gasteiger partial charge in [-0.2, -0.15) is 5.26 Å².